The third kappa shape index (κ3) is 11.3. The Kier molecular flexibility index (Phi) is 14.2. The summed E-state index contributed by atoms with van der Waals surface area (Å²) < 4.78 is 26.3. The summed E-state index contributed by atoms with van der Waals surface area (Å²) >= 11 is 6.23. The third-order valence-electron chi connectivity index (χ3n) is 9.64. The maximum atomic E-state index is 12.9. The summed E-state index contributed by atoms with van der Waals surface area (Å²) in [6, 6.07) is 7.45. The van der Waals surface area contributed by atoms with Crippen LogP contribution in [0.4, 0.5) is 0 Å². The Balaban J connectivity index is 2.45. The van der Waals surface area contributed by atoms with Gasteiger partial charge in [-0.05, 0) is 73.7 Å². The molecule has 1 aliphatic carbocycles. The van der Waals surface area contributed by atoms with E-state index in [1.54, 1.807) is 0 Å². The van der Waals surface area contributed by atoms with Crippen molar-refractivity contribution < 1.29 is 23.1 Å². The molecule has 1 aliphatic rings. The van der Waals surface area contributed by atoms with Crippen LogP contribution < -0.4 is 4.74 Å². The van der Waals surface area contributed by atoms with Gasteiger partial charge in [-0.2, -0.15) is 0 Å². The predicted molar refractivity (Wildman–Crippen MR) is 191 cm³/mol. The third-order valence-corrected chi connectivity index (χ3v) is 18.9. The number of allylic oxidation sites excluding steroid dienone is 2. The van der Waals surface area contributed by atoms with Crippen molar-refractivity contribution in [2.24, 2.45) is 11.8 Å². The van der Waals surface area contributed by atoms with Gasteiger partial charge < -0.3 is 18.3 Å². The molecular weight excluding hydrogens is 604 g/mol. The summed E-state index contributed by atoms with van der Waals surface area (Å²) in [5.74, 6) is 0.646. The zero-order valence-corrected chi connectivity index (χ0v) is 31.8. The number of carbonyl (C=O) groups excluding carboxylic acids is 1. The van der Waals surface area contributed by atoms with Crippen molar-refractivity contribution in [1.29, 1.82) is 0 Å². The molecule has 1 saturated carbocycles. The van der Waals surface area contributed by atoms with E-state index in [9.17, 15) is 4.79 Å². The fourth-order valence-corrected chi connectivity index (χ4v) is 7.76. The average Bonchev–Trinajstić information content (AvgIpc) is 3.19. The van der Waals surface area contributed by atoms with Crippen molar-refractivity contribution in [2.75, 3.05) is 6.61 Å². The summed E-state index contributed by atoms with van der Waals surface area (Å²) in [4.78, 5) is 12.9. The van der Waals surface area contributed by atoms with Crippen LogP contribution in [0.2, 0.25) is 41.3 Å². The van der Waals surface area contributed by atoms with E-state index in [4.69, 9.17) is 29.9 Å². The molecule has 5 atom stereocenters. The van der Waals surface area contributed by atoms with Crippen LogP contribution in [0.5, 0.6) is 5.75 Å². The van der Waals surface area contributed by atoms with E-state index in [1.165, 1.54) is 0 Å². The van der Waals surface area contributed by atoms with Crippen LogP contribution in [0.25, 0.3) is 0 Å². The molecule has 0 saturated heterocycles. The molecule has 1 aromatic rings. The van der Waals surface area contributed by atoms with Gasteiger partial charge >= 0.3 is 5.97 Å². The Morgan fingerprint density at radius 1 is 1.02 bits per heavy atom. The highest BCUT2D eigenvalue weighted by Crippen LogP contribution is 2.45. The molecule has 1 fully saturated rings. The van der Waals surface area contributed by atoms with Crippen LogP contribution in [0.3, 0.4) is 0 Å². The first kappa shape index (κ1) is 38.5. The van der Waals surface area contributed by atoms with Gasteiger partial charge in [-0.25, -0.2) is 0 Å². The van der Waals surface area contributed by atoms with Crippen molar-refractivity contribution in [3.05, 3.63) is 66.8 Å². The summed E-state index contributed by atoms with van der Waals surface area (Å²) in [5, 5.41) is 0.717. The number of hydrogen-bond donors (Lipinski definition) is 0. The number of esters is 1. The van der Waals surface area contributed by atoms with Crippen molar-refractivity contribution in [1.82, 2.24) is 0 Å². The van der Waals surface area contributed by atoms with Gasteiger partial charge in [0.1, 0.15) is 18.5 Å². The van der Waals surface area contributed by atoms with Crippen molar-refractivity contribution in [2.45, 2.75) is 128 Å². The van der Waals surface area contributed by atoms with Crippen LogP contribution in [-0.2, 0) is 18.4 Å². The Bertz CT molecular complexity index is 1120. The second-order valence-corrected chi connectivity index (χ2v) is 25.1. The normalized spacial score (nSPS) is 22.2. The van der Waals surface area contributed by atoms with E-state index in [2.05, 4.69) is 93.0 Å². The predicted octanol–water partition coefficient (Wildman–Crippen LogP) is 10.5. The quantitative estimate of drug-likeness (QED) is 0.0763. The van der Waals surface area contributed by atoms with E-state index in [0.717, 1.165) is 19.3 Å². The summed E-state index contributed by atoms with van der Waals surface area (Å²) in [5.41, 5.74) is 0. The molecule has 2 rings (SSSR count). The first-order valence-corrected chi connectivity index (χ1v) is 22.3. The lowest BCUT2D eigenvalue weighted by Crippen LogP contribution is -2.45. The first-order valence-electron chi connectivity index (χ1n) is 16.1. The minimum absolute atomic E-state index is 0.0322. The van der Waals surface area contributed by atoms with Gasteiger partial charge in [0.25, 0.3) is 0 Å². The maximum absolute atomic E-state index is 12.9. The van der Waals surface area contributed by atoms with Crippen LogP contribution in [0.15, 0.2) is 61.7 Å². The standard InChI is InChI=1S/C36H59ClO5Si2/c1-13-15-16-21-34(38)40-32-25-33(42-44(11,12)36(6,7)8)31(30(32)18-14-2)23-22-29(41-43(9,10)35(3,4)5)26-39-28-20-17-19-27(37)24-28/h13-14,17,19-20,22-24,29-33H,1-2,15-16,18,21,25-26H2,3-12H3/b23-22+/t29-,30-,31-,32+,33?/m1/s1. The van der Waals surface area contributed by atoms with Gasteiger partial charge in [-0.1, -0.05) is 83.5 Å². The number of carbonyl (C=O) groups is 1. The molecule has 0 amide bonds. The molecule has 8 heteroatoms. The molecule has 0 spiro atoms. The highest BCUT2D eigenvalue weighted by molar-refractivity contribution is 6.74. The smallest absolute Gasteiger partial charge is 0.306 e. The minimum atomic E-state index is -2.13. The fourth-order valence-electron chi connectivity index (χ4n) is 4.96. The lowest BCUT2D eigenvalue weighted by Gasteiger charge is -2.40. The van der Waals surface area contributed by atoms with E-state index in [1.807, 2.05) is 36.4 Å². The van der Waals surface area contributed by atoms with E-state index in [0.29, 0.717) is 30.2 Å². The van der Waals surface area contributed by atoms with Crippen LogP contribution in [0, 0.1) is 11.8 Å². The van der Waals surface area contributed by atoms with E-state index in [-0.39, 0.29) is 46.2 Å². The molecule has 1 unspecified atom stereocenters. The lowest BCUT2D eigenvalue weighted by molar-refractivity contribution is -0.151. The minimum Gasteiger partial charge on any atom is -0.491 e. The zero-order chi connectivity index (χ0) is 33.3. The number of unbranched alkanes of at least 4 members (excludes halogenated alkanes) is 1. The number of ether oxygens (including phenoxy) is 2. The van der Waals surface area contributed by atoms with Gasteiger partial charge in [0.15, 0.2) is 16.6 Å². The van der Waals surface area contributed by atoms with E-state index < -0.39 is 16.6 Å². The van der Waals surface area contributed by atoms with Crippen molar-refractivity contribution in [3.63, 3.8) is 0 Å². The molecule has 5 nitrogen and oxygen atoms in total. The average molecular weight is 663 g/mol. The number of hydrogen-bond acceptors (Lipinski definition) is 5. The summed E-state index contributed by atoms with van der Waals surface area (Å²) in [6.45, 7) is 30.8. The first-order chi connectivity index (χ1) is 20.3. The maximum Gasteiger partial charge on any atom is 0.306 e. The largest absolute Gasteiger partial charge is 0.491 e. The van der Waals surface area contributed by atoms with Crippen molar-refractivity contribution in [3.8, 4) is 5.75 Å². The van der Waals surface area contributed by atoms with Crippen molar-refractivity contribution >= 4 is 34.2 Å². The molecular formula is C36H59ClO5Si2. The molecule has 1 aromatic carbocycles. The molecule has 248 valence electrons. The van der Waals surface area contributed by atoms with Gasteiger partial charge in [-0.3, -0.25) is 4.79 Å². The van der Waals surface area contributed by atoms with Gasteiger partial charge in [0, 0.05) is 29.7 Å². The van der Waals surface area contributed by atoms with Crippen LogP contribution >= 0.6 is 11.6 Å². The molecule has 0 radical (unpaired) electrons. The number of halogens is 1. The second kappa shape index (κ2) is 16.3. The van der Waals surface area contributed by atoms with E-state index >= 15 is 0 Å². The topological polar surface area (TPSA) is 54.0 Å². The Morgan fingerprint density at radius 3 is 2.25 bits per heavy atom. The molecule has 0 heterocycles. The van der Waals surface area contributed by atoms with Crippen LogP contribution in [0.1, 0.15) is 73.6 Å². The summed E-state index contributed by atoms with van der Waals surface area (Å²) in [7, 11) is -4.25. The Morgan fingerprint density at radius 2 is 1.68 bits per heavy atom. The SMILES string of the molecule is C=CCCCC(=O)O[C@H]1CC(O[Si](C)(C)C(C)(C)C)[C@H](/C=C/[C@H](COc2cccc(Cl)c2)O[Si](C)(C)C(C)(C)C)[C@H]1CC=C. The molecule has 0 N–H and O–H groups in total. The van der Waals surface area contributed by atoms with Gasteiger partial charge in [0.2, 0.25) is 0 Å². The molecule has 44 heavy (non-hydrogen) atoms. The summed E-state index contributed by atoms with van der Waals surface area (Å²) in [6.07, 6.45) is 10.9. The van der Waals surface area contributed by atoms with Crippen LogP contribution in [-0.4, -0.2) is 47.5 Å². The molecule has 0 aliphatic heterocycles. The zero-order valence-electron chi connectivity index (χ0n) is 29.1. The fraction of sp³-hybridized carbons (Fsp3) is 0.639. The van der Waals surface area contributed by atoms with Gasteiger partial charge in [-0.15, -0.1) is 13.2 Å². The Hall–Kier alpha value is -1.65. The lowest BCUT2D eigenvalue weighted by atomic mass is 9.90. The highest BCUT2D eigenvalue weighted by atomic mass is 35.5. The monoisotopic (exact) mass is 662 g/mol. The second-order valence-electron chi connectivity index (χ2n) is 15.2. The number of rotatable bonds is 16. The highest BCUT2D eigenvalue weighted by Gasteiger charge is 2.48. The molecule has 0 aromatic heterocycles. The molecule has 0 bridgehead atoms. The van der Waals surface area contributed by atoms with Gasteiger partial charge in [0.05, 0.1) is 12.2 Å². The number of benzene rings is 1. The Labute approximate surface area is 275 Å².